The molecule has 0 N–H and O–H groups in total. The molecule has 9 heteroatoms. The van der Waals surface area contributed by atoms with Crippen LogP contribution in [0.4, 0.5) is 0 Å². The standard InChI is InChI=1S/C21H16ClN3O3S2/c1-2-25-20(26)19(13-16-10-7-14-5-3-4-6-18(14)23-16)29-21(25)24-30(27,28)17-11-8-15(22)9-12-17/h3-13H,2H2,1H3/b19-13-,24-21?. The Labute approximate surface area is 183 Å². The molecule has 6 nitrogen and oxygen atoms in total. The summed E-state index contributed by atoms with van der Waals surface area (Å²) in [6, 6.07) is 17.2. The highest BCUT2D eigenvalue weighted by atomic mass is 35.5. The zero-order valence-electron chi connectivity index (χ0n) is 15.8. The highest BCUT2D eigenvalue weighted by molar-refractivity contribution is 8.19. The van der Waals surface area contributed by atoms with Gasteiger partial charge in [-0.05, 0) is 61.2 Å². The van der Waals surface area contributed by atoms with E-state index in [1.54, 1.807) is 13.0 Å². The second-order valence-electron chi connectivity index (χ2n) is 6.39. The quantitative estimate of drug-likeness (QED) is 0.536. The van der Waals surface area contributed by atoms with E-state index in [4.69, 9.17) is 11.6 Å². The number of fused-ring (bicyclic) bond motifs is 1. The van der Waals surface area contributed by atoms with Gasteiger partial charge >= 0.3 is 0 Å². The lowest BCUT2D eigenvalue weighted by atomic mass is 10.2. The zero-order valence-corrected chi connectivity index (χ0v) is 18.2. The number of benzene rings is 2. The summed E-state index contributed by atoms with van der Waals surface area (Å²) >= 11 is 6.85. The first-order valence-corrected chi connectivity index (χ1v) is 11.7. The minimum atomic E-state index is -3.98. The summed E-state index contributed by atoms with van der Waals surface area (Å²) in [6.45, 7) is 2.06. The summed E-state index contributed by atoms with van der Waals surface area (Å²) in [5.74, 6) is -0.303. The van der Waals surface area contributed by atoms with Gasteiger partial charge in [0.2, 0.25) is 0 Å². The molecule has 1 aromatic heterocycles. The first-order valence-electron chi connectivity index (χ1n) is 9.05. The van der Waals surface area contributed by atoms with Crippen molar-refractivity contribution in [2.75, 3.05) is 6.54 Å². The SMILES string of the molecule is CCN1C(=O)/C(=C/c2ccc3ccccc3n2)SC1=NS(=O)(=O)c1ccc(Cl)cc1. The Hall–Kier alpha value is -2.68. The lowest BCUT2D eigenvalue weighted by molar-refractivity contribution is -0.122. The van der Waals surface area contributed by atoms with Crippen molar-refractivity contribution in [1.29, 1.82) is 0 Å². The summed E-state index contributed by atoms with van der Waals surface area (Å²) in [6.07, 6.45) is 1.65. The molecular weight excluding hydrogens is 442 g/mol. The number of hydrogen-bond donors (Lipinski definition) is 0. The Balaban J connectivity index is 1.69. The monoisotopic (exact) mass is 457 g/mol. The number of nitrogens with zero attached hydrogens (tertiary/aromatic N) is 3. The van der Waals surface area contributed by atoms with Gasteiger partial charge in [-0.1, -0.05) is 35.9 Å². The largest absolute Gasteiger partial charge is 0.286 e. The number of rotatable bonds is 4. The highest BCUT2D eigenvalue weighted by Crippen LogP contribution is 2.33. The average molecular weight is 458 g/mol. The zero-order chi connectivity index (χ0) is 21.3. The smallest absolute Gasteiger partial charge is 0.284 e. The number of para-hydroxylation sites is 1. The van der Waals surface area contributed by atoms with Crippen molar-refractivity contribution in [1.82, 2.24) is 9.88 Å². The number of pyridine rings is 1. The maximum atomic E-state index is 12.8. The van der Waals surface area contributed by atoms with E-state index in [0.717, 1.165) is 22.7 Å². The van der Waals surface area contributed by atoms with Crippen molar-refractivity contribution in [3.63, 3.8) is 0 Å². The first kappa shape index (κ1) is 20.6. The summed E-state index contributed by atoms with van der Waals surface area (Å²) in [5.41, 5.74) is 1.43. The van der Waals surface area contributed by atoms with Gasteiger partial charge in [0.1, 0.15) is 0 Å². The number of amidine groups is 1. The van der Waals surface area contributed by atoms with Crippen molar-refractivity contribution in [2.24, 2.45) is 4.40 Å². The van der Waals surface area contributed by atoms with Gasteiger partial charge in [0, 0.05) is 17.0 Å². The van der Waals surface area contributed by atoms with Gasteiger partial charge in [-0.3, -0.25) is 9.69 Å². The molecule has 0 radical (unpaired) electrons. The maximum absolute atomic E-state index is 12.8. The van der Waals surface area contributed by atoms with Crippen molar-refractivity contribution >= 4 is 61.4 Å². The second kappa shape index (κ2) is 8.22. The molecule has 0 aliphatic carbocycles. The van der Waals surface area contributed by atoms with Crippen LogP contribution in [0.1, 0.15) is 12.6 Å². The molecule has 1 amide bonds. The van der Waals surface area contributed by atoms with Crippen LogP contribution in [-0.4, -0.2) is 35.9 Å². The topological polar surface area (TPSA) is 79.7 Å². The maximum Gasteiger partial charge on any atom is 0.284 e. The molecule has 2 heterocycles. The van der Waals surface area contributed by atoms with Crippen LogP contribution in [0.3, 0.4) is 0 Å². The van der Waals surface area contributed by atoms with Crippen LogP contribution in [0.15, 0.2) is 74.9 Å². The van der Waals surface area contributed by atoms with Gasteiger partial charge < -0.3 is 0 Å². The van der Waals surface area contributed by atoms with Crippen LogP contribution in [-0.2, 0) is 14.8 Å². The van der Waals surface area contributed by atoms with Crippen LogP contribution in [0.25, 0.3) is 17.0 Å². The van der Waals surface area contributed by atoms with E-state index in [9.17, 15) is 13.2 Å². The number of sulfonamides is 1. The Morgan fingerprint density at radius 1 is 1.10 bits per heavy atom. The third kappa shape index (κ3) is 4.12. The third-order valence-corrected chi connectivity index (χ3v) is 7.07. The first-order chi connectivity index (χ1) is 14.4. The molecule has 3 aromatic rings. The minimum absolute atomic E-state index is 0.0112. The number of carbonyl (C=O) groups excluding carboxylic acids is 1. The summed E-state index contributed by atoms with van der Waals surface area (Å²) < 4.78 is 29.2. The van der Waals surface area contributed by atoms with Crippen molar-refractivity contribution < 1.29 is 13.2 Å². The van der Waals surface area contributed by atoms with Crippen molar-refractivity contribution in [3.05, 3.63) is 76.3 Å². The number of carbonyl (C=O) groups is 1. The fourth-order valence-electron chi connectivity index (χ4n) is 2.91. The Kier molecular flexibility index (Phi) is 5.64. The van der Waals surface area contributed by atoms with Crippen LogP contribution >= 0.6 is 23.4 Å². The van der Waals surface area contributed by atoms with E-state index in [1.807, 2.05) is 36.4 Å². The number of amides is 1. The second-order valence-corrected chi connectivity index (χ2v) is 9.44. The van der Waals surface area contributed by atoms with E-state index < -0.39 is 10.0 Å². The fourth-order valence-corrected chi connectivity index (χ4v) is 5.27. The predicted molar refractivity (Wildman–Crippen MR) is 121 cm³/mol. The molecule has 30 heavy (non-hydrogen) atoms. The molecule has 1 fully saturated rings. The van der Waals surface area contributed by atoms with Crippen molar-refractivity contribution in [3.8, 4) is 0 Å². The molecule has 2 aromatic carbocycles. The summed E-state index contributed by atoms with van der Waals surface area (Å²) in [7, 11) is -3.98. The minimum Gasteiger partial charge on any atom is -0.286 e. The van der Waals surface area contributed by atoms with Gasteiger partial charge in [0.25, 0.3) is 15.9 Å². The Morgan fingerprint density at radius 3 is 2.57 bits per heavy atom. The lowest BCUT2D eigenvalue weighted by Crippen LogP contribution is -2.29. The normalized spacial score (nSPS) is 17.4. The molecule has 0 atom stereocenters. The molecule has 4 rings (SSSR count). The van der Waals surface area contributed by atoms with E-state index in [0.29, 0.717) is 22.2 Å². The van der Waals surface area contributed by atoms with E-state index in [2.05, 4.69) is 9.38 Å². The molecular formula is C21H16ClN3O3S2. The fraction of sp³-hybridized carbons (Fsp3) is 0.0952. The molecule has 0 saturated carbocycles. The number of hydrogen-bond acceptors (Lipinski definition) is 5. The van der Waals surface area contributed by atoms with Crippen LogP contribution in [0.2, 0.25) is 5.02 Å². The molecule has 1 aliphatic heterocycles. The van der Waals surface area contributed by atoms with Crippen LogP contribution < -0.4 is 0 Å². The van der Waals surface area contributed by atoms with E-state index in [-0.39, 0.29) is 16.0 Å². The van der Waals surface area contributed by atoms with Crippen LogP contribution in [0, 0.1) is 0 Å². The van der Waals surface area contributed by atoms with Crippen molar-refractivity contribution in [2.45, 2.75) is 11.8 Å². The lowest BCUT2D eigenvalue weighted by Gasteiger charge is -2.11. The Morgan fingerprint density at radius 2 is 1.83 bits per heavy atom. The highest BCUT2D eigenvalue weighted by Gasteiger charge is 2.34. The average Bonchev–Trinajstić information content (AvgIpc) is 3.01. The van der Waals surface area contributed by atoms with Gasteiger partial charge in [-0.25, -0.2) is 4.98 Å². The summed E-state index contributed by atoms with van der Waals surface area (Å²) in [5, 5.41) is 1.54. The molecule has 0 bridgehead atoms. The molecule has 0 unspecified atom stereocenters. The van der Waals surface area contributed by atoms with Gasteiger partial charge in [-0.15, -0.1) is 4.40 Å². The third-order valence-electron chi connectivity index (χ3n) is 4.41. The number of aromatic nitrogens is 1. The molecule has 1 aliphatic rings. The molecule has 1 saturated heterocycles. The number of halogens is 1. The predicted octanol–water partition coefficient (Wildman–Crippen LogP) is 4.57. The molecule has 152 valence electrons. The van der Waals surface area contributed by atoms with Gasteiger partial charge in [0.05, 0.1) is 21.0 Å². The van der Waals surface area contributed by atoms with Gasteiger partial charge in [-0.2, -0.15) is 8.42 Å². The van der Waals surface area contributed by atoms with E-state index >= 15 is 0 Å². The summed E-state index contributed by atoms with van der Waals surface area (Å²) in [4.78, 5) is 19.1. The molecule has 0 spiro atoms. The van der Waals surface area contributed by atoms with Gasteiger partial charge in [0.15, 0.2) is 5.17 Å². The Bertz CT molecular complexity index is 1300. The number of thioether (sulfide) groups is 1. The van der Waals surface area contributed by atoms with Crippen LogP contribution in [0.5, 0.6) is 0 Å². The number of likely N-dealkylation sites (N-methyl/N-ethyl adjacent to an activating group) is 1. The van der Waals surface area contributed by atoms with E-state index in [1.165, 1.54) is 29.2 Å².